The van der Waals surface area contributed by atoms with E-state index in [-0.39, 0.29) is 18.3 Å². The molecule has 2 rings (SSSR count). The molecule has 0 aliphatic heterocycles. The van der Waals surface area contributed by atoms with Gasteiger partial charge >= 0.3 is 0 Å². The lowest BCUT2D eigenvalue weighted by atomic mass is 10.1. The van der Waals surface area contributed by atoms with E-state index in [9.17, 15) is 13.9 Å². The van der Waals surface area contributed by atoms with Crippen LogP contribution in [0.5, 0.6) is 5.75 Å². The van der Waals surface area contributed by atoms with Crippen LogP contribution in [0.3, 0.4) is 0 Å². The Balaban J connectivity index is 2.02. The van der Waals surface area contributed by atoms with E-state index < -0.39 is 11.6 Å². The van der Waals surface area contributed by atoms with Crippen LogP contribution < -0.4 is 5.32 Å². The highest BCUT2D eigenvalue weighted by atomic mass is 19.1. The Morgan fingerprint density at radius 3 is 2.47 bits per heavy atom. The van der Waals surface area contributed by atoms with E-state index in [1.807, 2.05) is 6.92 Å². The molecule has 0 aliphatic rings. The van der Waals surface area contributed by atoms with Gasteiger partial charge in [0.15, 0.2) is 0 Å². The normalized spacial score (nSPS) is 12.4. The van der Waals surface area contributed by atoms with Gasteiger partial charge in [0.2, 0.25) is 0 Å². The fourth-order valence-corrected chi connectivity index (χ4v) is 1.82. The SMILES string of the molecule is CC(NCc1cc(F)ccc1F)c1ccc(O)cc1. The quantitative estimate of drug-likeness (QED) is 0.884. The fourth-order valence-electron chi connectivity index (χ4n) is 1.82. The van der Waals surface area contributed by atoms with Crippen LogP contribution in [-0.4, -0.2) is 5.11 Å². The molecule has 0 aliphatic carbocycles. The second-order valence-electron chi connectivity index (χ2n) is 4.43. The van der Waals surface area contributed by atoms with Gasteiger partial charge in [0.05, 0.1) is 0 Å². The summed E-state index contributed by atoms with van der Waals surface area (Å²) < 4.78 is 26.5. The molecule has 0 saturated carbocycles. The Hall–Kier alpha value is -1.94. The average Bonchev–Trinajstić information content (AvgIpc) is 2.40. The van der Waals surface area contributed by atoms with E-state index in [2.05, 4.69) is 5.32 Å². The first-order valence-corrected chi connectivity index (χ1v) is 6.02. The van der Waals surface area contributed by atoms with Crippen molar-refractivity contribution in [2.45, 2.75) is 19.5 Å². The number of phenolic OH excluding ortho intramolecular Hbond substituents is 1. The molecule has 0 aromatic heterocycles. The molecule has 0 heterocycles. The zero-order valence-corrected chi connectivity index (χ0v) is 10.5. The molecule has 1 unspecified atom stereocenters. The number of benzene rings is 2. The zero-order chi connectivity index (χ0) is 13.8. The summed E-state index contributed by atoms with van der Waals surface area (Å²) in [4.78, 5) is 0. The van der Waals surface area contributed by atoms with Crippen LogP contribution in [0.15, 0.2) is 42.5 Å². The lowest BCUT2D eigenvalue weighted by Gasteiger charge is -2.14. The highest BCUT2D eigenvalue weighted by molar-refractivity contribution is 5.28. The number of aromatic hydroxyl groups is 1. The van der Waals surface area contributed by atoms with Gasteiger partial charge in [-0.15, -0.1) is 0 Å². The maximum absolute atomic E-state index is 13.4. The minimum Gasteiger partial charge on any atom is -0.508 e. The minimum absolute atomic E-state index is 0.0248. The third kappa shape index (κ3) is 3.51. The summed E-state index contributed by atoms with van der Waals surface area (Å²) in [6.45, 7) is 2.16. The fraction of sp³-hybridized carbons (Fsp3) is 0.200. The molecule has 0 fully saturated rings. The topological polar surface area (TPSA) is 32.3 Å². The molecule has 2 nitrogen and oxygen atoms in total. The molecule has 0 radical (unpaired) electrons. The first-order chi connectivity index (χ1) is 9.06. The summed E-state index contributed by atoms with van der Waals surface area (Å²) in [7, 11) is 0. The Morgan fingerprint density at radius 1 is 1.11 bits per heavy atom. The number of phenols is 1. The van der Waals surface area contributed by atoms with Crippen molar-refractivity contribution in [1.82, 2.24) is 5.32 Å². The number of nitrogens with one attached hydrogen (secondary N) is 1. The van der Waals surface area contributed by atoms with E-state index in [4.69, 9.17) is 0 Å². The van der Waals surface area contributed by atoms with Gasteiger partial charge in [-0.2, -0.15) is 0 Å². The number of hydrogen-bond donors (Lipinski definition) is 2. The predicted molar refractivity (Wildman–Crippen MR) is 69.7 cm³/mol. The van der Waals surface area contributed by atoms with Gasteiger partial charge in [-0.25, -0.2) is 8.78 Å². The van der Waals surface area contributed by atoms with Gasteiger partial charge in [-0.3, -0.25) is 0 Å². The molecule has 1 atom stereocenters. The molecule has 4 heteroatoms. The highest BCUT2D eigenvalue weighted by Crippen LogP contribution is 2.17. The van der Waals surface area contributed by atoms with Crippen LogP contribution in [0.2, 0.25) is 0 Å². The molecule has 2 aromatic rings. The Morgan fingerprint density at radius 2 is 1.79 bits per heavy atom. The molecule has 0 saturated heterocycles. The van der Waals surface area contributed by atoms with Gasteiger partial charge in [0.25, 0.3) is 0 Å². The smallest absolute Gasteiger partial charge is 0.127 e. The van der Waals surface area contributed by atoms with Crippen LogP contribution in [-0.2, 0) is 6.54 Å². The van der Waals surface area contributed by atoms with Crippen molar-refractivity contribution in [2.75, 3.05) is 0 Å². The van der Waals surface area contributed by atoms with E-state index in [1.54, 1.807) is 24.3 Å². The van der Waals surface area contributed by atoms with Crippen molar-refractivity contribution in [1.29, 1.82) is 0 Å². The number of rotatable bonds is 4. The monoisotopic (exact) mass is 263 g/mol. The lowest BCUT2D eigenvalue weighted by Crippen LogP contribution is -2.18. The standard InChI is InChI=1S/C15H15F2NO/c1-10(11-2-5-14(19)6-3-11)18-9-12-8-13(16)4-7-15(12)17/h2-8,10,18-19H,9H2,1H3. The summed E-state index contributed by atoms with van der Waals surface area (Å²) in [5.74, 6) is -0.672. The number of halogens is 2. The molecule has 2 aromatic carbocycles. The molecule has 0 amide bonds. The van der Waals surface area contributed by atoms with Gasteiger partial charge in [-0.05, 0) is 42.8 Å². The summed E-state index contributed by atoms with van der Waals surface area (Å²) in [5, 5.41) is 12.3. The molecule has 19 heavy (non-hydrogen) atoms. The summed E-state index contributed by atoms with van der Waals surface area (Å²) in [5.41, 5.74) is 1.26. The molecular weight excluding hydrogens is 248 g/mol. The van der Waals surface area contributed by atoms with Crippen molar-refractivity contribution >= 4 is 0 Å². The second-order valence-corrected chi connectivity index (χ2v) is 4.43. The average molecular weight is 263 g/mol. The van der Waals surface area contributed by atoms with Crippen LogP contribution in [0.1, 0.15) is 24.1 Å². The van der Waals surface area contributed by atoms with Crippen molar-refractivity contribution in [3.63, 3.8) is 0 Å². The van der Waals surface area contributed by atoms with Gasteiger partial charge in [0, 0.05) is 18.2 Å². The summed E-state index contributed by atoms with van der Waals surface area (Å²) in [6.07, 6.45) is 0. The molecule has 2 N–H and O–H groups in total. The first kappa shape index (κ1) is 13.5. The maximum Gasteiger partial charge on any atom is 0.127 e. The first-order valence-electron chi connectivity index (χ1n) is 6.02. The van der Waals surface area contributed by atoms with Gasteiger partial charge < -0.3 is 10.4 Å². The molecular formula is C15H15F2NO. The van der Waals surface area contributed by atoms with Crippen molar-refractivity contribution in [2.24, 2.45) is 0 Å². The molecule has 100 valence electrons. The van der Waals surface area contributed by atoms with Crippen LogP contribution in [0, 0.1) is 11.6 Å². The Kier molecular flexibility index (Phi) is 4.12. The number of hydrogen-bond acceptors (Lipinski definition) is 2. The highest BCUT2D eigenvalue weighted by Gasteiger charge is 2.08. The van der Waals surface area contributed by atoms with E-state index in [1.165, 1.54) is 6.07 Å². The van der Waals surface area contributed by atoms with Crippen LogP contribution in [0.25, 0.3) is 0 Å². The van der Waals surface area contributed by atoms with Crippen molar-refractivity contribution in [3.05, 3.63) is 65.2 Å². The van der Waals surface area contributed by atoms with Crippen LogP contribution in [0.4, 0.5) is 8.78 Å². The Labute approximate surface area is 110 Å². The zero-order valence-electron chi connectivity index (χ0n) is 10.5. The maximum atomic E-state index is 13.4. The van der Waals surface area contributed by atoms with Gasteiger partial charge in [-0.1, -0.05) is 12.1 Å². The summed E-state index contributed by atoms with van der Waals surface area (Å²) >= 11 is 0. The van der Waals surface area contributed by atoms with Gasteiger partial charge in [0.1, 0.15) is 17.4 Å². The molecule has 0 bridgehead atoms. The van der Waals surface area contributed by atoms with E-state index in [0.29, 0.717) is 5.56 Å². The minimum atomic E-state index is -0.449. The van der Waals surface area contributed by atoms with E-state index in [0.717, 1.165) is 17.7 Å². The summed E-state index contributed by atoms with van der Waals surface area (Å²) in [6, 6.07) is 10.1. The van der Waals surface area contributed by atoms with Crippen LogP contribution >= 0.6 is 0 Å². The third-order valence-electron chi connectivity index (χ3n) is 3.00. The van der Waals surface area contributed by atoms with Crippen molar-refractivity contribution < 1.29 is 13.9 Å². The predicted octanol–water partition coefficient (Wildman–Crippen LogP) is 3.52. The lowest BCUT2D eigenvalue weighted by molar-refractivity contribution is 0.474. The Bertz CT molecular complexity index is 555. The third-order valence-corrected chi connectivity index (χ3v) is 3.00. The van der Waals surface area contributed by atoms with E-state index >= 15 is 0 Å². The molecule has 0 spiro atoms. The largest absolute Gasteiger partial charge is 0.508 e. The van der Waals surface area contributed by atoms with Crippen molar-refractivity contribution in [3.8, 4) is 5.75 Å². The second kappa shape index (κ2) is 5.80.